The van der Waals surface area contributed by atoms with Crippen molar-refractivity contribution in [1.82, 2.24) is 15.6 Å². The number of fused-ring (bicyclic) bond motifs is 1. The van der Waals surface area contributed by atoms with E-state index in [1.807, 2.05) is 6.92 Å². The van der Waals surface area contributed by atoms with Crippen LogP contribution in [0, 0.1) is 6.92 Å². The predicted octanol–water partition coefficient (Wildman–Crippen LogP) is 0.883. The van der Waals surface area contributed by atoms with Gasteiger partial charge in [0.25, 0.3) is 21.8 Å². The van der Waals surface area contributed by atoms with E-state index in [1.165, 1.54) is 13.0 Å². The van der Waals surface area contributed by atoms with E-state index in [0.29, 0.717) is 11.1 Å². The fraction of sp³-hybridized carbons (Fsp3) is 0.167. The Morgan fingerprint density at radius 2 is 1.70 bits per heavy atom. The average Bonchev–Trinajstić information content (AvgIpc) is 2.90. The summed E-state index contributed by atoms with van der Waals surface area (Å²) in [5.41, 5.74) is 6.42. The Bertz CT molecular complexity index is 1030. The second-order valence-corrected chi connectivity index (χ2v) is 7.72. The van der Waals surface area contributed by atoms with Crippen LogP contribution in [0.25, 0.3) is 0 Å². The molecule has 0 unspecified atom stereocenters. The number of aryl methyl sites for hydroxylation is 1. The van der Waals surface area contributed by atoms with Crippen molar-refractivity contribution in [2.75, 3.05) is 0 Å². The number of amidine groups is 1. The Kier molecular flexibility index (Phi) is 4.95. The zero-order chi connectivity index (χ0) is 19.6. The van der Waals surface area contributed by atoms with E-state index in [-0.39, 0.29) is 10.7 Å². The summed E-state index contributed by atoms with van der Waals surface area (Å²) in [6.45, 7) is 3.40. The zero-order valence-electron chi connectivity index (χ0n) is 14.7. The lowest BCUT2D eigenvalue weighted by molar-refractivity contribution is -0.122. The monoisotopic (exact) mass is 386 g/mol. The van der Waals surface area contributed by atoms with Gasteiger partial charge >= 0.3 is 0 Å². The topological polar surface area (TPSA) is 117 Å². The van der Waals surface area contributed by atoms with Gasteiger partial charge in [-0.15, -0.1) is 0 Å². The van der Waals surface area contributed by atoms with Crippen LogP contribution in [-0.2, 0) is 14.8 Å². The molecule has 8 nitrogen and oxygen atoms in total. The molecule has 9 heteroatoms. The summed E-state index contributed by atoms with van der Waals surface area (Å²) in [6.07, 6.45) is 0. The van der Waals surface area contributed by atoms with Gasteiger partial charge in [0.15, 0.2) is 0 Å². The molecule has 0 aromatic heterocycles. The van der Waals surface area contributed by atoms with Gasteiger partial charge in [0.05, 0.1) is 4.90 Å². The number of hydrazine groups is 1. The third-order valence-electron chi connectivity index (χ3n) is 3.98. The number of hydrogen-bond acceptors (Lipinski definition) is 5. The van der Waals surface area contributed by atoms with Crippen molar-refractivity contribution in [2.24, 2.45) is 4.99 Å². The lowest BCUT2D eigenvalue weighted by Crippen LogP contribution is -2.45. The van der Waals surface area contributed by atoms with Crippen LogP contribution in [0.5, 0.6) is 0 Å². The summed E-state index contributed by atoms with van der Waals surface area (Å²) in [7, 11) is -3.67. The maximum atomic E-state index is 12.2. The highest BCUT2D eigenvalue weighted by atomic mass is 32.2. The molecule has 0 radical (unpaired) electrons. The average molecular weight is 386 g/mol. The number of nitrogens with zero attached hydrogens (tertiary/aromatic N) is 1. The molecular weight excluding hydrogens is 368 g/mol. The van der Waals surface area contributed by atoms with E-state index >= 15 is 0 Å². The highest BCUT2D eigenvalue weighted by molar-refractivity contribution is 7.90. The summed E-state index contributed by atoms with van der Waals surface area (Å²) in [5, 5.41) is 0. The number of amides is 2. The number of carbonyl (C=O) groups excluding carboxylic acids is 2. The first-order valence-electron chi connectivity index (χ1n) is 8.15. The second kappa shape index (κ2) is 7.20. The van der Waals surface area contributed by atoms with Crippen molar-refractivity contribution in [1.29, 1.82) is 0 Å². The molecule has 3 rings (SSSR count). The summed E-state index contributed by atoms with van der Waals surface area (Å²) < 4.78 is 26.5. The van der Waals surface area contributed by atoms with Crippen molar-refractivity contribution < 1.29 is 18.0 Å². The summed E-state index contributed by atoms with van der Waals surface area (Å²) in [4.78, 5) is 28.5. The smallest absolute Gasteiger partial charge is 0.269 e. The highest BCUT2D eigenvalue weighted by Crippen LogP contribution is 2.22. The number of benzene rings is 2. The van der Waals surface area contributed by atoms with Crippen LogP contribution < -0.4 is 15.6 Å². The highest BCUT2D eigenvalue weighted by Gasteiger charge is 2.31. The number of hydrogen-bond donors (Lipinski definition) is 3. The van der Waals surface area contributed by atoms with Crippen LogP contribution in [0.1, 0.15) is 28.4 Å². The number of aliphatic imine (C=N–C) groups is 1. The van der Waals surface area contributed by atoms with E-state index in [9.17, 15) is 18.0 Å². The van der Waals surface area contributed by atoms with E-state index < -0.39 is 27.9 Å². The van der Waals surface area contributed by atoms with Crippen molar-refractivity contribution in [3.63, 3.8) is 0 Å². The molecule has 0 saturated carbocycles. The van der Waals surface area contributed by atoms with Crippen molar-refractivity contribution >= 4 is 27.7 Å². The molecule has 0 saturated heterocycles. The van der Waals surface area contributed by atoms with Crippen molar-refractivity contribution in [3.8, 4) is 0 Å². The Labute approximate surface area is 156 Å². The van der Waals surface area contributed by atoms with Crippen LogP contribution in [0.2, 0.25) is 0 Å². The van der Waals surface area contributed by atoms with Crippen molar-refractivity contribution in [2.45, 2.75) is 24.8 Å². The van der Waals surface area contributed by atoms with E-state index in [0.717, 1.165) is 5.56 Å². The molecule has 1 heterocycles. The largest absolute Gasteiger partial charge is 0.271 e. The van der Waals surface area contributed by atoms with Crippen LogP contribution in [-0.4, -0.2) is 32.1 Å². The van der Waals surface area contributed by atoms with Gasteiger partial charge in [0.1, 0.15) is 11.9 Å². The van der Waals surface area contributed by atoms with Crippen LogP contribution in [0.3, 0.4) is 0 Å². The fourth-order valence-electron chi connectivity index (χ4n) is 2.48. The molecule has 0 fully saturated rings. The quantitative estimate of drug-likeness (QED) is 0.679. The fourth-order valence-corrected chi connectivity index (χ4v) is 3.72. The van der Waals surface area contributed by atoms with Crippen LogP contribution >= 0.6 is 0 Å². The third-order valence-corrected chi connectivity index (χ3v) is 5.38. The first-order chi connectivity index (χ1) is 12.8. The van der Waals surface area contributed by atoms with E-state index in [4.69, 9.17) is 0 Å². The van der Waals surface area contributed by atoms with Gasteiger partial charge < -0.3 is 0 Å². The van der Waals surface area contributed by atoms with Crippen LogP contribution in [0.15, 0.2) is 58.4 Å². The first-order valence-corrected chi connectivity index (χ1v) is 9.63. The van der Waals surface area contributed by atoms with Crippen molar-refractivity contribution in [3.05, 3.63) is 65.2 Å². The van der Waals surface area contributed by atoms with Gasteiger partial charge in [-0.3, -0.25) is 30.2 Å². The molecule has 3 N–H and O–H groups in total. The lowest BCUT2D eigenvalue weighted by atomic mass is 10.1. The number of sulfonamides is 1. The molecule has 1 aliphatic rings. The summed E-state index contributed by atoms with van der Waals surface area (Å²) in [6, 6.07) is 12.3. The maximum absolute atomic E-state index is 12.2. The molecule has 2 aromatic rings. The minimum absolute atomic E-state index is 0.0955. The maximum Gasteiger partial charge on any atom is 0.269 e. The van der Waals surface area contributed by atoms with E-state index in [1.54, 1.807) is 42.5 Å². The lowest BCUT2D eigenvalue weighted by Gasteiger charge is -2.11. The third kappa shape index (κ3) is 3.98. The molecule has 27 heavy (non-hydrogen) atoms. The molecule has 2 amide bonds. The van der Waals surface area contributed by atoms with Gasteiger partial charge in [-0.05, 0) is 38.1 Å². The predicted molar refractivity (Wildman–Crippen MR) is 99.6 cm³/mol. The molecular formula is C18H18N4O4S. The molecule has 0 bridgehead atoms. The first kappa shape index (κ1) is 18.6. The summed E-state index contributed by atoms with van der Waals surface area (Å²) >= 11 is 0. The van der Waals surface area contributed by atoms with E-state index in [2.05, 4.69) is 20.6 Å². The number of rotatable bonds is 3. The Balaban J connectivity index is 1.67. The molecule has 2 aromatic carbocycles. The number of carbonyl (C=O) groups is 2. The van der Waals surface area contributed by atoms with Gasteiger partial charge in [0, 0.05) is 11.1 Å². The minimum atomic E-state index is -3.67. The van der Waals surface area contributed by atoms with Gasteiger partial charge in [-0.25, -0.2) is 8.42 Å². The molecule has 1 aliphatic heterocycles. The number of nitrogens with one attached hydrogen (secondary N) is 3. The second-order valence-electron chi connectivity index (χ2n) is 6.06. The zero-order valence-corrected chi connectivity index (χ0v) is 15.5. The van der Waals surface area contributed by atoms with Gasteiger partial charge in [-0.2, -0.15) is 0 Å². The standard InChI is InChI=1S/C18H18N4O4S/c1-11-7-9-13(10-8-11)18(24)21-20-17(23)12(2)19-16-14-5-3-4-6-15(14)27(25,26)22-16/h3-10,12H,1-2H3,(H,19,22)(H,20,23)(H,21,24)/t12-/m0/s1. The Hall–Kier alpha value is -3.20. The SMILES string of the molecule is Cc1ccc(C(=O)NNC(=O)[C@H](C)N=C2NS(=O)(=O)c3ccccc32)cc1. The van der Waals surface area contributed by atoms with Gasteiger partial charge in [-0.1, -0.05) is 29.8 Å². The Morgan fingerprint density at radius 1 is 1.04 bits per heavy atom. The molecule has 0 aliphatic carbocycles. The molecule has 1 atom stereocenters. The van der Waals surface area contributed by atoms with Crippen LogP contribution in [0.4, 0.5) is 0 Å². The molecule has 0 spiro atoms. The summed E-state index contributed by atoms with van der Waals surface area (Å²) in [5.74, 6) is -0.945. The van der Waals surface area contributed by atoms with Gasteiger partial charge in [0.2, 0.25) is 0 Å². The minimum Gasteiger partial charge on any atom is -0.271 e. The Morgan fingerprint density at radius 3 is 2.41 bits per heavy atom. The normalized spacial score (nSPS) is 16.9. The molecule has 140 valence electrons.